The SMILES string of the molecule is C[C@@H](NC(=O)C1CC(=O)NC(c2ccccc2)N1)c1cc(F)c(C(F)(F)F)c(F)c1. The maximum Gasteiger partial charge on any atom is 0.422 e. The van der Waals surface area contributed by atoms with Crippen LogP contribution in [-0.4, -0.2) is 17.9 Å². The van der Waals surface area contributed by atoms with Crippen LogP contribution in [0.25, 0.3) is 0 Å². The number of carbonyl (C=O) groups excluding carboxylic acids is 2. The van der Waals surface area contributed by atoms with Crippen molar-refractivity contribution in [1.29, 1.82) is 0 Å². The van der Waals surface area contributed by atoms with Crippen molar-refractivity contribution in [3.63, 3.8) is 0 Å². The summed E-state index contributed by atoms with van der Waals surface area (Å²) in [5.74, 6) is -4.53. The Labute approximate surface area is 168 Å². The lowest BCUT2D eigenvalue weighted by molar-refractivity contribution is -0.142. The summed E-state index contributed by atoms with van der Waals surface area (Å²) in [6.45, 7) is 1.37. The molecule has 3 N–H and O–H groups in total. The predicted molar refractivity (Wildman–Crippen MR) is 96.8 cm³/mol. The standard InChI is InChI=1S/C20H18F5N3O2/c1-10(12-7-13(21)17(14(22)8-12)20(23,24)25)26-19(30)15-9-16(29)28-18(27-15)11-5-3-2-4-6-11/h2-8,10,15,18,27H,9H2,1H3,(H,26,30)(H,28,29)/t10-,15?,18?/m1/s1. The predicted octanol–water partition coefficient (Wildman–Crippen LogP) is 3.34. The lowest BCUT2D eigenvalue weighted by atomic mass is 10.0. The van der Waals surface area contributed by atoms with E-state index in [4.69, 9.17) is 0 Å². The molecule has 1 aliphatic heterocycles. The Bertz CT molecular complexity index is 926. The van der Waals surface area contributed by atoms with Gasteiger partial charge in [0.1, 0.15) is 23.4 Å². The van der Waals surface area contributed by atoms with E-state index < -0.39 is 47.5 Å². The molecule has 1 fully saturated rings. The van der Waals surface area contributed by atoms with Crippen LogP contribution in [0.15, 0.2) is 42.5 Å². The van der Waals surface area contributed by atoms with E-state index in [0.29, 0.717) is 12.1 Å². The summed E-state index contributed by atoms with van der Waals surface area (Å²) < 4.78 is 65.8. The fourth-order valence-corrected chi connectivity index (χ4v) is 3.21. The molecule has 3 atom stereocenters. The van der Waals surface area contributed by atoms with Crippen LogP contribution in [0, 0.1) is 11.6 Å². The van der Waals surface area contributed by atoms with E-state index in [-0.39, 0.29) is 17.9 Å². The van der Waals surface area contributed by atoms with Crippen LogP contribution >= 0.6 is 0 Å². The van der Waals surface area contributed by atoms with Gasteiger partial charge in [-0.1, -0.05) is 30.3 Å². The molecule has 1 heterocycles. The summed E-state index contributed by atoms with van der Waals surface area (Å²) in [5.41, 5.74) is -1.43. The van der Waals surface area contributed by atoms with E-state index >= 15 is 0 Å². The van der Waals surface area contributed by atoms with E-state index in [1.807, 2.05) is 0 Å². The molecule has 1 saturated heterocycles. The number of rotatable bonds is 4. The summed E-state index contributed by atoms with van der Waals surface area (Å²) >= 11 is 0. The first kappa shape index (κ1) is 21.7. The number of alkyl halides is 3. The fourth-order valence-electron chi connectivity index (χ4n) is 3.21. The van der Waals surface area contributed by atoms with Crippen molar-refractivity contribution in [1.82, 2.24) is 16.0 Å². The Morgan fingerprint density at radius 3 is 2.30 bits per heavy atom. The van der Waals surface area contributed by atoms with Crippen LogP contribution in [0.5, 0.6) is 0 Å². The van der Waals surface area contributed by atoms with Crippen LogP contribution in [0.1, 0.15) is 42.2 Å². The van der Waals surface area contributed by atoms with Gasteiger partial charge in [-0.15, -0.1) is 0 Å². The number of nitrogens with one attached hydrogen (secondary N) is 3. The second kappa shape index (κ2) is 8.39. The Hall–Kier alpha value is -3.01. The van der Waals surface area contributed by atoms with Gasteiger partial charge in [-0.2, -0.15) is 13.2 Å². The van der Waals surface area contributed by atoms with E-state index in [1.54, 1.807) is 30.3 Å². The highest BCUT2D eigenvalue weighted by molar-refractivity contribution is 5.89. The summed E-state index contributed by atoms with van der Waals surface area (Å²) in [4.78, 5) is 24.6. The Morgan fingerprint density at radius 2 is 1.73 bits per heavy atom. The van der Waals surface area contributed by atoms with Crippen molar-refractivity contribution in [2.24, 2.45) is 0 Å². The molecule has 0 aromatic heterocycles. The van der Waals surface area contributed by atoms with Gasteiger partial charge in [0.2, 0.25) is 11.8 Å². The zero-order chi connectivity index (χ0) is 22.1. The molecule has 2 unspecified atom stereocenters. The van der Waals surface area contributed by atoms with Crippen LogP contribution in [-0.2, 0) is 15.8 Å². The van der Waals surface area contributed by atoms with Gasteiger partial charge in [-0.25, -0.2) is 8.78 Å². The third kappa shape index (κ3) is 4.76. The second-order valence-corrected chi connectivity index (χ2v) is 6.92. The Morgan fingerprint density at radius 1 is 1.13 bits per heavy atom. The van der Waals surface area contributed by atoms with Gasteiger partial charge in [-0.05, 0) is 30.2 Å². The molecule has 160 valence electrons. The van der Waals surface area contributed by atoms with Crippen LogP contribution in [0.3, 0.4) is 0 Å². The molecule has 0 saturated carbocycles. The second-order valence-electron chi connectivity index (χ2n) is 6.92. The van der Waals surface area contributed by atoms with Crippen molar-refractivity contribution in [2.75, 3.05) is 0 Å². The first-order chi connectivity index (χ1) is 14.1. The van der Waals surface area contributed by atoms with E-state index in [0.717, 1.165) is 5.56 Å². The Kier molecular flexibility index (Phi) is 6.06. The van der Waals surface area contributed by atoms with Gasteiger partial charge in [0, 0.05) is 0 Å². The number of amides is 2. The lowest BCUT2D eigenvalue weighted by Crippen LogP contribution is -2.56. The minimum Gasteiger partial charge on any atom is -0.348 e. The zero-order valence-corrected chi connectivity index (χ0v) is 15.7. The maximum atomic E-state index is 13.8. The van der Waals surface area contributed by atoms with Gasteiger partial charge in [0.15, 0.2) is 0 Å². The number of benzene rings is 2. The molecular formula is C20H18F5N3O2. The average Bonchev–Trinajstić information content (AvgIpc) is 2.66. The summed E-state index contributed by atoms with van der Waals surface area (Å²) in [6, 6.07) is 7.98. The average molecular weight is 427 g/mol. The third-order valence-corrected chi connectivity index (χ3v) is 4.72. The lowest BCUT2D eigenvalue weighted by Gasteiger charge is -2.32. The van der Waals surface area contributed by atoms with E-state index in [2.05, 4.69) is 16.0 Å². The molecule has 5 nitrogen and oxygen atoms in total. The van der Waals surface area contributed by atoms with Crippen molar-refractivity contribution in [2.45, 2.75) is 37.8 Å². The maximum absolute atomic E-state index is 13.8. The highest BCUT2D eigenvalue weighted by atomic mass is 19.4. The quantitative estimate of drug-likeness (QED) is 0.656. The van der Waals surface area contributed by atoms with Crippen molar-refractivity contribution in [3.05, 3.63) is 70.8 Å². The molecule has 1 aliphatic rings. The molecule has 10 heteroatoms. The molecule has 0 bridgehead atoms. The smallest absolute Gasteiger partial charge is 0.348 e. The summed E-state index contributed by atoms with van der Waals surface area (Å²) in [5, 5.41) is 8.14. The summed E-state index contributed by atoms with van der Waals surface area (Å²) in [7, 11) is 0. The number of halogens is 5. The normalized spacial score (nSPS) is 20.4. The molecule has 3 rings (SSSR count). The molecular weight excluding hydrogens is 409 g/mol. The molecule has 2 aromatic rings. The van der Waals surface area contributed by atoms with E-state index in [1.165, 1.54) is 6.92 Å². The Balaban J connectivity index is 1.73. The molecule has 0 spiro atoms. The van der Waals surface area contributed by atoms with Crippen LogP contribution in [0.4, 0.5) is 22.0 Å². The van der Waals surface area contributed by atoms with Crippen LogP contribution in [0.2, 0.25) is 0 Å². The molecule has 0 aliphatic carbocycles. The van der Waals surface area contributed by atoms with Crippen molar-refractivity contribution in [3.8, 4) is 0 Å². The number of hydrogen-bond donors (Lipinski definition) is 3. The number of hydrogen-bond acceptors (Lipinski definition) is 3. The third-order valence-electron chi connectivity index (χ3n) is 4.72. The molecule has 30 heavy (non-hydrogen) atoms. The first-order valence-electron chi connectivity index (χ1n) is 9.03. The molecule has 2 aromatic carbocycles. The van der Waals surface area contributed by atoms with Crippen molar-refractivity contribution >= 4 is 11.8 Å². The van der Waals surface area contributed by atoms with Crippen LogP contribution < -0.4 is 16.0 Å². The van der Waals surface area contributed by atoms with Crippen molar-refractivity contribution < 1.29 is 31.5 Å². The molecule has 2 amide bonds. The zero-order valence-electron chi connectivity index (χ0n) is 15.7. The summed E-state index contributed by atoms with van der Waals surface area (Å²) in [6.07, 6.45) is -5.96. The van der Waals surface area contributed by atoms with E-state index in [9.17, 15) is 31.5 Å². The minimum atomic E-state index is -5.18. The first-order valence-corrected chi connectivity index (χ1v) is 9.03. The van der Waals surface area contributed by atoms with Gasteiger partial charge in [0.05, 0.1) is 18.5 Å². The van der Waals surface area contributed by atoms with Gasteiger partial charge in [-0.3, -0.25) is 14.9 Å². The van der Waals surface area contributed by atoms with Gasteiger partial charge in [0.25, 0.3) is 0 Å². The molecule has 0 radical (unpaired) electrons. The number of carbonyl (C=O) groups is 2. The van der Waals surface area contributed by atoms with Gasteiger partial charge < -0.3 is 10.6 Å². The highest BCUT2D eigenvalue weighted by Crippen LogP contribution is 2.34. The fraction of sp³-hybridized carbons (Fsp3) is 0.300. The monoisotopic (exact) mass is 427 g/mol. The van der Waals surface area contributed by atoms with Gasteiger partial charge >= 0.3 is 6.18 Å². The minimum absolute atomic E-state index is 0.169. The largest absolute Gasteiger partial charge is 0.422 e. The highest BCUT2D eigenvalue weighted by Gasteiger charge is 2.38. The topological polar surface area (TPSA) is 70.2 Å².